The van der Waals surface area contributed by atoms with Gasteiger partial charge in [0.05, 0.1) is 0 Å². The molecule has 0 aliphatic heterocycles. The number of rotatable bonds is 4. The fourth-order valence-electron chi connectivity index (χ4n) is 3.94. The number of alkyl carbamates (subject to hydrolysis) is 1. The van der Waals surface area contributed by atoms with E-state index < -0.39 is 5.60 Å². The van der Waals surface area contributed by atoms with Crippen LogP contribution in [0.2, 0.25) is 0 Å². The summed E-state index contributed by atoms with van der Waals surface area (Å²) in [7, 11) is 0. The highest BCUT2D eigenvalue weighted by Crippen LogP contribution is 2.39. The summed E-state index contributed by atoms with van der Waals surface area (Å²) in [5.74, 6) is 1.72. The van der Waals surface area contributed by atoms with E-state index in [0.29, 0.717) is 11.5 Å². The topological polar surface area (TPSA) is 50.4 Å². The molecule has 0 aromatic heterocycles. The summed E-state index contributed by atoms with van der Waals surface area (Å²) in [6, 6.07) is 0.833. The highest BCUT2D eigenvalue weighted by atomic mass is 16.6. The molecule has 2 rings (SSSR count). The van der Waals surface area contributed by atoms with Crippen LogP contribution in [0.25, 0.3) is 0 Å². The molecule has 2 fully saturated rings. The van der Waals surface area contributed by atoms with Crippen LogP contribution in [-0.4, -0.2) is 30.3 Å². The third-order valence-electron chi connectivity index (χ3n) is 5.63. The van der Waals surface area contributed by atoms with E-state index in [1.54, 1.807) is 0 Å². The highest BCUT2D eigenvalue weighted by Gasteiger charge is 2.33. The quantitative estimate of drug-likeness (QED) is 0.794. The number of hydrogen-bond donors (Lipinski definition) is 2. The first kappa shape index (κ1) is 19.6. The van der Waals surface area contributed by atoms with Crippen molar-refractivity contribution in [3.05, 3.63) is 0 Å². The van der Waals surface area contributed by atoms with Crippen LogP contribution in [0.1, 0.15) is 80.1 Å². The molecule has 0 bridgehead atoms. The number of hydrogen-bond acceptors (Lipinski definition) is 3. The van der Waals surface area contributed by atoms with Gasteiger partial charge < -0.3 is 15.4 Å². The Bertz CT molecular complexity index is 408. The largest absolute Gasteiger partial charge is 0.444 e. The van der Waals surface area contributed by atoms with E-state index in [-0.39, 0.29) is 12.1 Å². The fourth-order valence-corrected chi connectivity index (χ4v) is 3.94. The van der Waals surface area contributed by atoms with Crippen LogP contribution in [-0.2, 0) is 4.74 Å². The minimum Gasteiger partial charge on any atom is -0.444 e. The lowest BCUT2D eigenvalue weighted by Crippen LogP contribution is -2.53. The van der Waals surface area contributed by atoms with Gasteiger partial charge in [-0.3, -0.25) is 0 Å². The molecule has 0 radical (unpaired) electrons. The lowest BCUT2D eigenvalue weighted by atomic mass is 9.70. The van der Waals surface area contributed by atoms with Crippen LogP contribution in [0.4, 0.5) is 4.79 Å². The van der Waals surface area contributed by atoms with Crippen molar-refractivity contribution in [3.63, 3.8) is 0 Å². The maximum atomic E-state index is 11.7. The van der Waals surface area contributed by atoms with Crippen LogP contribution in [0.3, 0.4) is 0 Å². The Labute approximate surface area is 148 Å². The molecule has 2 saturated carbocycles. The van der Waals surface area contributed by atoms with Gasteiger partial charge in [0.2, 0.25) is 0 Å². The van der Waals surface area contributed by atoms with Crippen LogP contribution >= 0.6 is 0 Å². The molecule has 2 aliphatic carbocycles. The smallest absolute Gasteiger partial charge is 0.407 e. The van der Waals surface area contributed by atoms with E-state index in [9.17, 15) is 4.79 Å². The summed E-state index contributed by atoms with van der Waals surface area (Å²) in [6.45, 7) is 14.0. The van der Waals surface area contributed by atoms with Crippen LogP contribution < -0.4 is 10.6 Å². The minimum absolute atomic E-state index is 0.272. The third kappa shape index (κ3) is 6.27. The first-order chi connectivity index (χ1) is 11.0. The summed E-state index contributed by atoms with van der Waals surface area (Å²) in [4.78, 5) is 11.7. The molecule has 24 heavy (non-hydrogen) atoms. The number of carbonyl (C=O) groups excluding carboxylic acids is 1. The molecular weight excluding hydrogens is 300 g/mol. The monoisotopic (exact) mass is 338 g/mol. The third-order valence-corrected chi connectivity index (χ3v) is 5.63. The summed E-state index contributed by atoms with van der Waals surface area (Å²) >= 11 is 0. The highest BCUT2D eigenvalue weighted by molar-refractivity contribution is 5.68. The predicted octanol–water partition coefficient (Wildman–Crippen LogP) is 4.48. The second kappa shape index (κ2) is 7.63. The molecule has 2 aliphatic rings. The molecule has 0 unspecified atom stereocenters. The van der Waals surface area contributed by atoms with Gasteiger partial charge in [0.15, 0.2) is 0 Å². The van der Waals surface area contributed by atoms with Crippen molar-refractivity contribution in [1.82, 2.24) is 10.6 Å². The number of nitrogens with one attached hydrogen (secondary N) is 2. The second-order valence-corrected chi connectivity index (χ2v) is 10.0. The van der Waals surface area contributed by atoms with Gasteiger partial charge in [0.25, 0.3) is 0 Å². The first-order valence-electron chi connectivity index (χ1n) is 9.76. The molecule has 140 valence electrons. The Kier molecular flexibility index (Phi) is 6.22. The Morgan fingerprint density at radius 1 is 0.958 bits per heavy atom. The molecule has 0 heterocycles. The molecule has 1 amide bonds. The molecule has 0 atom stereocenters. The van der Waals surface area contributed by atoms with Crippen molar-refractivity contribution in [2.45, 2.75) is 97.8 Å². The van der Waals surface area contributed by atoms with Crippen molar-refractivity contribution in [1.29, 1.82) is 0 Å². The first-order valence-corrected chi connectivity index (χ1v) is 9.76. The summed E-state index contributed by atoms with van der Waals surface area (Å²) in [5, 5.41) is 6.66. The van der Waals surface area contributed by atoms with Crippen molar-refractivity contribution in [3.8, 4) is 0 Å². The van der Waals surface area contributed by atoms with E-state index in [4.69, 9.17) is 4.74 Å². The zero-order chi connectivity index (χ0) is 18.0. The summed E-state index contributed by atoms with van der Waals surface area (Å²) < 4.78 is 5.30. The van der Waals surface area contributed by atoms with Gasteiger partial charge in [-0.2, -0.15) is 0 Å². The summed E-state index contributed by atoms with van der Waals surface area (Å²) in [5.41, 5.74) is 0.0459. The molecule has 4 heteroatoms. The van der Waals surface area contributed by atoms with Gasteiger partial charge in [-0.15, -0.1) is 0 Å². The van der Waals surface area contributed by atoms with Gasteiger partial charge in [0, 0.05) is 12.1 Å². The van der Waals surface area contributed by atoms with Crippen molar-refractivity contribution >= 4 is 6.09 Å². The average Bonchev–Trinajstić information content (AvgIpc) is 2.38. The zero-order valence-corrected chi connectivity index (χ0v) is 16.6. The van der Waals surface area contributed by atoms with E-state index in [2.05, 4.69) is 31.4 Å². The van der Waals surface area contributed by atoms with Crippen LogP contribution in [0.15, 0.2) is 0 Å². The Balaban J connectivity index is 1.56. The van der Waals surface area contributed by atoms with E-state index >= 15 is 0 Å². The number of carbonyl (C=O) groups is 1. The Morgan fingerprint density at radius 2 is 1.54 bits per heavy atom. The molecule has 4 nitrogen and oxygen atoms in total. The van der Waals surface area contributed by atoms with E-state index in [1.165, 1.54) is 25.7 Å². The molecule has 2 N–H and O–H groups in total. The van der Waals surface area contributed by atoms with Gasteiger partial charge >= 0.3 is 6.09 Å². The molecular formula is C20H38N2O2. The predicted molar refractivity (Wildman–Crippen MR) is 99.1 cm³/mol. The van der Waals surface area contributed by atoms with Crippen molar-refractivity contribution < 1.29 is 9.53 Å². The van der Waals surface area contributed by atoms with Gasteiger partial charge in [-0.1, -0.05) is 20.8 Å². The second-order valence-electron chi connectivity index (χ2n) is 10.0. The van der Waals surface area contributed by atoms with Crippen LogP contribution in [0, 0.1) is 17.3 Å². The minimum atomic E-state index is -0.419. The maximum Gasteiger partial charge on any atom is 0.407 e. The Morgan fingerprint density at radius 3 is 2.04 bits per heavy atom. The summed E-state index contributed by atoms with van der Waals surface area (Å²) in [6.07, 6.45) is 7.24. The molecule has 0 aromatic carbocycles. The number of ether oxygens (including phenoxy) is 1. The van der Waals surface area contributed by atoms with Gasteiger partial charge in [-0.25, -0.2) is 4.79 Å². The van der Waals surface area contributed by atoms with Crippen molar-refractivity contribution in [2.24, 2.45) is 17.3 Å². The van der Waals surface area contributed by atoms with Crippen molar-refractivity contribution in [2.75, 3.05) is 6.54 Å². The molecule has 0 spiro atoms. The average molecular weight is 339 g/mol. The standard InChI is InChI=1S/C20H38N2O2/c1-19(2,3)15-9-7-14(8-10-15)13-21-16-11-17(12-16)22-18(23)24-20(4,5)6/h14-17,21H,7-13H2,1-6H3,(H,22,23). The van der Waals surface area contributed by atoms with E-state index in [1.807, 2.05) is 20.8 Å². The SMILES string of the molecule is CC(C)(C)OC(=O)NC1CC(NCC2CCC(C(C)(C)C)CC2)C1. The molecule has 0 aromatic rings. The molecule has 0 saturated heterocycles. The lowest BCUT2D eigenvalue weighted by Gasteiger charge is -2.40. The Hall–Kier alpha value is -0.770. The normalized spacial score (nSPS) is 31.2. The van der Waals surface area contributed by atoms with Crippen LogP contribution in [0.5, 0.6) is 0 Å². The number of amides is 1. The van der Waals surface area contributed by atoms with Gasteiger partial charge in [0.1, 0.15) is 5.60 Å². The zero-order valence-electron chi connectivity index (χ0n) is 16.6. The van der Waals surface area contributed by atoms with Gasteiger partial charge in [-0.05, 0) is 83.1 Å². The lowest BCUT2D eigenvalue weighted by molar-refractivity contribution is 0.0463. The fraction of sp³-hybridized carbons (Fsp3) is 0.950. The maximum absolute atomic E-state index is 11.7. The van der Waals surface area contributed by atoms with E-state index in [0.717, 1.165) is 31.2 Å².